The van der Waals surface area contributed by atoms with E-state index in [-0.39, 0.29) is 5.92 Å². The number of nitrogens with zero attached hydrogens (tertiary/aromatic N) is 1. The average molecular weight is 272 g/mol. The summed E-state index contributed by atoms with van der Waals surface area (Å²) in [6.07, 6.45) is 0. The maximum absolute atomic E-state index is 11.6. The van der Waals surface area contributed by atoms with Gasteiger partial charge in [0.1, 0.15) is 6.04 Å². The molecular formula is C12H24N4O3. The molecule has 19 heavy (non-hydrogen) atoms. The van der Waals surface area contributed by atoms with Gasteiger partial charge in [-0.3, -0.25) is 4.90 Å². The lowest BCUT2D eigenvalue weighted by atomic mass is 10.1. The normalized spacial score (nSPS) is 18.1. The van der Waals surface area contributed by atoms with Gasteiger partial charge in [-0.1, -0.05) is 13.8 Å². The third-order valence-corrected chi connectivity index (χ3v) is 3.14. The van der Waals surface area contributed by atoms with Gasteiger partial charge < -0.3 is 21.1 Å². The van der Waals surface area contributed by atoms with Crippen LogP contribution >= 0.6 is 0 Å². The third-order valence-electron chi connectivity index (χ3n) is 3.14. The van der Waals surface area contributed by atoms with Crippen molar-refractivity contribution in [3.63, 3.8) is 0 Å². The first-order chi connectivity index (χ1) is 9.00. The lowest BCUT2D eigenvalue weighted by molar-refractivity contribution is -0.140. The number of urea groups is 1. The number of amides is 2. The van der Waals surface area contributed by atoms with Gasteiger partial charge >= 0.3 is 12.0 Å². The summed E-state index contributed by atoms with van der Waals surface area (Å²) >= 11 is 0. The average Bonchev–Trinajstić information content (AvgIpc) is 2.36. The molecule has 1 aliphatic rings. The second-order valence-electron chi connectivity index (χ2n) is 5.05. The third kappa shape index (κ3) is 5.89. The van der Waals surface area contributed by atoms with E-state index in [1.807, 2.05) is 0 Å². The van der Waals surface area contributed by atoms with Gasteiger partial charge in [0.05, 0.1) is 0 Å². The zero-order valence-electron chi connectivity index (χ0n) is 11.6. The molecule has 4 N–H and O–H groups in total. The molecule has 1 atom stereocenters. The molecule has 1 fully saturated rings. The van der Waals surface area contributed by atoms with Crippen LogP contribution in [-0.4, -0.2) is 67.3 Å². The Balaban J connectivity index is 2.21. The number of carbonyl (C=O) groups is 2. The Morgan fingerprint density at radius 3 is 2.47 bits per heavy atom. The van der Waals surface area contributed by atoms with Crippen molar-refractivity contribution < 1.29 is 14.7 Å². The van der Waals surface area contributed by atoms with Crippen LogP contribution in [0.4, 0.5) is 4.79 Å². The fraction of sp³-hybridized carbons (Fsp3) is 0.833. The molecule has 0 bridgehead atoms. The van der Waals surface area contributed by atoms with Crippen LogP contribution in [0.5, 0.6) is 0 Å². The summed E-state index contributed by atoms with van der Waals surface area (Å²) in [5, 5.41) is 17.4. The molecule has 0 aromatic rings. The number of rotatable bonds is 6. The highest BCUT2D eigenvalue weighted by Gasteiger charge is 2.23. The number of nitrogens with one attached hydrogen (secondary N) is 3. The lowest BCUT2D eigenvalue weighted by Crippen LogP contribution is -2.51. The summed E-state index contributed by atoms with van der Waals surface area (Å²) in [6.45, 7) is 8.74. The smallest absolute Gasteiger partial charge is 0.326 e. The van der Waals surface area contributed by atoms with Gasteiger partial charge in [-0.15, -0.1) is 0 Å². The molecule has 7 nitrogen and oxygen atoms in total. The van der Waals surface area contributed by atoms with Gasteiger partial charge in [-0.2, -0.15) is 0 Å². The van der Waals surface area contributed by atoms with E-state index in [1.54, 1.807) is 13.8 Å². The fourth-order valence-corrected chi connectivity index (χ4v) is 1.97. The number of carboxylic acids is 1. The summed E-state index contributed by atoms with van der Waals surface area (Å²) in [7, 11) is 0. The zero-order chi connectivity index (χ0) is 14.3. The number of carboxylic acid groups (broad SMARTS) is 1. The predicted octanol–water partition coefficient (Wildman–Crippen LogP) is -0.700. The maximum atomic E-state index is 11.6. The quantitative estimate of drug-likeness (QED) is 0.513. The first-order valence-electron chi connectivity index (χ1n) is 6.71. The summed E-state index contributed by atoms with van der Waals surface area (Å²) in [5.74, 6) is -1.15. The SMILES string of the molecule is CC(C)C(NC(=O)NCCN1CCNCC1)C(=O)O. The maximum Gasteiger partial charge on any atom is 0.326 e. The Morgan fingerprint density at radius 2 is 1.95 bits per heavy atom. The molecule has 0 saturated carbocycles. The van der Waals surface area contributed by atoms with E-state index >= 15 is 0 Å². The van der Waals surface area contributed by atoms with Crippen molar-refractivity contribution in [1.29, 1.82) is 0 Å². The second kappa shape index (κ2) is 7.96. The van der Waals surface area contributed by atoms with Crippen LogP contribution in [0.3, 0.4) is 0 Å². The molecule has 0 radical (unpaired) electrons. The van der Waals surface area contributed by atoms with Crippen molar-refractivity contribution in [2.75, 3.05) is 39.3 Å². The van der Waals surface area contributed by atoms with E-state index in [1.165, 1.54) is 0 Å². The predicted molar refractivity (Wildman–Crippen MR) is 72.1 cm³/mol. The Morgan fingerprint density at radius 1 is 1.32 bits per heavy atom. The monoisotopic (exact) mass is 272 g/mol. The fourth-order valence-electron chi connectivity index (χ4n) is 1.97. The summed E-state index contributed by atoms with van der Waals surface area (Å²) in [5.41, 5.74) is 0. The molecule has 1 heterocycles. The van der Waals surface area contributed by atoms with Crippen LogP contribution in [0.2, 0.25) is 0 Å². The minimum Gasteiger partial charge on any atom is -0.480 e. The highest BCUT2D eigenvalue weighted by Crippen LogP contribution is 2.01. The molecule has 1 unspecified atom stereocenters. The molecule has 1 saturated heterocycles. The van der Waals surface area contributed by atoms with Gasteiger partial charge in [0.25, 0.3) is 0 Å². The number of hydrogen-bond acceptors (Lipinski definition) is 4. The van der Waals surface area contributed by atoms with Crippen LogP contribution in [0, 0.1) is 5.92 Å². The van der Waals surface area contributed by atoms with Crippen molar-refractivity contribution in [2.24, 2.45) is 5.92 Å². The first-order valence-corrected chi connectivity index (χ1v) is 6.71. The highest BCUT2D eigenvalue weighted by atomic mass is 16.4. The van der Waals surface area contributed by atoms with Crippen LogP contribution in [0.1, 0.15) is 13.8 Å². The molecule has 0 aromatic carbocycles. The standard InChI is InChI=1S/C12H24N4O3/c1-9(2)10(11(17)18)15-12(19)14-5-8-16-6-3-13-4-7-16/h9-10,13H,3-8H2,1-2H3,(H,17,18)(H2,14,15,19). The minimum absolute atomic E-state index is 0.142. The molecular weight excluding hydrogens is 248 g/mol. The minimum atomic E-state index is -1.01. The molecule has 0 spiro atoms. The molecule has 7 heteroatoms. The van der Waals surface area contributed by atoms with Gasteiger partial charge in [0.2, 0.25) is 0 Å². The van der Waals surface area contributed by atoms with Gasteiger partial charge in [0.15, 0.2) is 0 Å². The highest BCUT2D eigenvalue weighted by molar-refractivity contribution is 5.82. The van der Waals surface area contributed by atoms with E-state index in [0.29, 0.717) is 6.54 Å². The Labute approximate surface area is 113 Å². The summed E-state index contributed by atoms with van der Waals surface area (Å²) in [6, 6.07) is -1.27. The van der Waals surface area contributed by atoms with Crippen molar-refractivity contribution in [2.45, 2.75) is 19.9 Å². The van der Waals surface area contributed by atoms with Crippen LogP contribution in [0.25, 0.3) is 0 Å². The van der Waals surface area contributed by atoms with Crippen LogP contribution in [0.15, 0.2) is 0 Å². The first kappa shape index (κ1) is 15.7. The molecule has 0 aromatic heterocycles. The Bertz CT molecular complexity index is 303. The second-order valence-corrected chi connectivity index (χ2v) is 5.05. The van der Waals surface area contributed by atoms with E-state index in [9.17, 15) is 9.59 Å². The lowest BCUT2D eigenvalue weighted by Gasteiger charge is -2.27. The van der Waals surface area contributed by atoms with Gasteiger partial charge in [0, 0.05) is 39.3 Å². The van der Waals surface area contributed by atoms with Crippen LogP contribution < -0.4 is 16.0 Å². The molecule has 1 aliphatic heterocycles. The largest absolute Gasteiger partial charge is 0.480 e. The van der Waals surface area contributed by atoms with Crippen LogP contribution in [-0.2, 0) is 4.79 Å². The van der Waals surface area contributed by atoms with E-state index in [0.717, 1.165) is 32.7 Å². The topological polar surface area (TPSA) is 93.7 Å². The molecule has 1 rings (SSSR count). The van der Waals surface area contributed by atoms with E-state index in [4.69, 9.17) is 5.11 Å². The van der Waals surface area contributed by atoms with E-state index < -0.39 is 18.0 Å². The molecule has 0 aliphatic carbocycles. The Hall–Kier alpha value is -1.34. The van der Waals surface area contributed by atoms with E-state index in [2.05, 4.69) is 20.9 Å². The van der Waals surface area contributed by atoms with Crippen molar-refractivity contribution in [3.05, 3.63) is 0 Å². The summed E-state index contributed by atoms with van der Waals surface area (Å²) < 4.78 is 0. The number of hydrogen-bond donors (Lipinski definition) is 4. The molecule has 110 valence electrons. The number of piperazine rings is 1. The molecule has 2 amide bonds. The van der Waals surface area contributed by atoms with Gasteiger partial charge in [-0.25, -0.2) is 9.59 Å². The summed E-state index contributed by atoms with van der Waals surface area (Å²) in [4.78, 5) is 24.8. The Kier molecular flexibility index (Phi) is 6.58. The number of aliphatic carboxylic acids is 1. The number of carbonyl (C=O) groups excluding carboxylic acids is 1. The van der Waals surface area contributed by atoms with Crippen molar-refractivity contribution in [1.82, 2.24) is 20.9 Å². The zero-order valence-corrected chi connectivity index (χ0v) is 11.6. The van der Waals surface area contributed by atoms with Crippen molar-refractivity contribution >= 4 is 12.0 Å². The van der Waals surface area contributed by atoms with Gasteiger partial charge in [-0.05, 0) is 5.92 Å². The van der Waals surface area contributed by atoms with Crippen molar-refractivity contribution in [3.8, 4) is 0 Å².